The summed E-state index contributed by atoms with van der Waals surface area (Å²) >= 11 is 0. The summed E-state index contributed by atoms with van der Waals surface area (Å²) in [5.41, 5.74) is 8.26. The Morgan fingerprint density at radius 1 is 0.633 bits per heavy atom. The minimum absolute atomic E-state index is 0.828. The van der Waals surface area contributed by atoms with Crippen LogP contribution in [0, 0.1) is 0 Å². The molecular weight excluding hydrogens is 364 g/mol. The molecule has 2 aromatic heterocycles. The van der Waals surface area contributed by atoms with E-state index in [4.69, 9.17) is 4.98 Å². The first kappa shape index (κ1) is 18.1. The molecule has 2 heteroatoms. The topological polar surface area (TPSA) is 17.8 Å². The van der Waals surface area contributed by atoms with Gasteiger partial charge in [-0.25, -0.2) is 0 Å². The largest absolute Gasteiger partial charge is 0.319 e. The van der Waals surface area contributed by atoms with Crippen molar-refractivity contribution in [2.45, 2.75) is 6.42 Å². The van der Waals surface area contributed by atoms with E-state index < -0.39 is 0 Å². The van der Waals surface area contributed by atoms with Gasteiger partial charge in [0.2, 0.25) is 0 Å². The van der Waals surface area contributed by atoms with Gasteiger partial charge in [-0.15, -0.1) is 0 Å². The van der Waals surface area contributed by atoms with Crippen molar-refractivity contribution in [3.05, 3.63) is 133 Å². The summed E-state index contributed by atoms with van der Waals surface area (Å²) < 4.78 is 2.32. The lowest BCUT2D eigenvalue weighted by Gasteiger charge is -2.12. The van der Waals surface area contributed by atoms with Crippen LogP contribution in [0.5, 0.6) is 0 Å². The Labute approximate surface area is 177 Å². The van der Waals surface area contributed by atoms with Crippen LogP contribution in [0.2, 0.25) is 0 Å². The Kier molecular flexibility index (Phi) is 4.97. The SMILES string of the molecule is c1ccc(Cc2c(-c3ccccn3)c(-c3ccccc3)cn2-c2ccccc2)cc1. The Morgan fingerprint density at radius 3 is 1.93 bits per heavy atom. The van der Waals surface area contributed by atoms with Crippen LogP contribution >= 0.6 is 0 Å². The summed E-state index contributed by atoms with van der Waals surface area (Å²) in [6.07, 6.45) is 4.96. The lowest BCUT2D eigenvalue weighted by molar-refractivity contribution is 0.959. The van der Waals surface area contributed by atoms with Crippen LogP contribution < -0.4 is 0 Å². The molecule has 0 fully saturated rings. The summed E-state index contributed by atoms with van der Waals surface area (Å²) in [5.74, 6) is 0. The minimum atomic E-state index is 0.828. The van der Waals surface area contributed by atoms with Crippen LogP contribution in [0.25, 0.3) is 28.1 Å². The predicted molar refractivity (Wildman–Crippen MR) is 124 cm³/mol. The molecule has 0 saturated carbocycles. The molecule has 0 aliphatic rings. The zero-order chi connectivity index (χ0) is 20.2. The third kappa shape index (κ3) is 3.56. The van der Waals surface area contributed by atoms with E-state index >= 15 is 0 Å². The summed E-state index contributed by atoms with van der Waals surface area (Å²) in [6, 6.07) is 37.9. The van der Waals surface area contributed by atoms with Crippen molar-refractivity contribution < 1.29 is 0 Å². The van der Waals surface area contributed by atoms with Crippen molar-refractivity contribution in [2.24, 2.45) is 0 Å². The molecule has 2 heterocycles. The molecule has 3 aromatic carbocycles. The van der Waals surface area contributed by atoms with Gasteiger partial charge in [0.25, 0.3) is 0 Å². The van der Waals surface area contributed by atoms with Gasteiger partial charge < -0.3 is 4.57 Å². The van der Waals surface area contributed by atoms with Gasteiger partial charge in [-0.1, -0.05) is 84.9 Å². The van der Waals surface area contributed by atoms with Crippen LogP contribution in [0.4, 0.5) is 0 Å². The molecule has 5 aromatic rings. The van der Waals surface area contributed by atoms with Crippen molar-refractivity contribution in [3.63, 3.8) is 0 Å². The van der Waals surface area contributed by atoms with Crippen molar-refractivity contribution in [1.29, 1.82) is 0 Å². The van der Waals surface area contributed by atoms with Crippen molar-refractivity contribution in [3.8, 4) is 28.1 Å². The first-order valence-corrected chi connectivity index (χ1v) is 10.2. The number of hydrogen-bond donors (Lipinski definition) is 0. The van der Waals surface area contributed by atoms with E-state index in [1.54, 1.807) is 0 Å². The highest BCUT2D eigenvalue weighted by atomic mass is 15.0. The summed E-state index contributed by atoms with van der Waals surface area (Å²) in [6.45, 7) is 0. The van der Waals surface area contributed by atoms with Crippen LogP contribution in [0.15, 0.2) is 122 Å². The van der Waals surface area contributed by atoms with E-state index in [0.717, 1.165) is 17.8 Å². The number of hydrogen-bond acceptors (Lipinski definition) is 1. The second kappa shape index (κ2) is 8.22. The predicted octanol–water partition coefficient (Wildman–Crippen LogP) is 6.80. The average molecular weight is 386 g/mol. The molecule has 0 amide bonds. The Hall–Kier alpha value is -3.91. The zero-order valence-electron chi connectivity index (χ0n) is 16.6. The molecule has 0 N–H and O–H groups in total. The number of pyridine rings is 1. The van der Waals surface area contributed by atoms with Gasteiger partial charge in [-0.3, -0.25) is 4.98 Å². The van der Waals surface area contributed by atoms with Gasteiger partial charge >= 0.3 is 0 Å². The van der Waals surface area contributed by atoms with E-state index in [-0.39, 0.29) is 0 Å². The third-order valence-electron chi connectivity index (χ3n) is 5.36. The van der Waals surface area contributed by atoms with E-state index in [1.807, 2.05) is 12.3 Å². The minimum Gasteiger partial charge on any atom is -0.319 e. The van der Waals surface area contributed by atoms with Crippen molar-refractivity contribution in [1.82, 2.24) is 9.55 Å². The van der Waals surface area contributed by atoms with Gasteiger partial charge in [-0.05, 0) is 35.4 Å². The molecule has 144 valence electrons. The highest BCUT2D eigenvalue weighted by Crippen LogP contribution is 2.38. The zero-order valence-corrected chi connectivity index (χ0v) is 16.6. The Balaban J connectivity index is 1.80. The number of aromatic nitrogens is 2. The molecule has 5 rings (SSSR count). The molecular formula is C28H22N2. The monoisotopic (exact) mass is 386 g/mol. The smallest absolute Gasteiger partial charge is 0.0726 e. The summed E-state index contributed by atoms with van der Waals surface area (Å²) in [7, 11) is 0. The van der Waals surface area contributed by atoms with Gasteiger partial charge in [-0.2, -0.15) is 0 Å². The van der Waals surface area contributed by atoms with Crippen molar-refractivity contribution in [2.75, 3.05) is 0 Å². The van der Waals surface area contributed by atoms with Crippen LogP contribution in [-0.4, -0.2) is 9.55 Å². The molecule has 0 atom stereocenters. The molecule has 0 saturated heterocycles. The summed E-state index contributed by atoms with van der Waals surface area (Å²) in [4.78, 5) is 4.73. The third-order valence-corrected chi connectivity index (χ3v) is 5.36. The van der Waals surface area contributed by atoms with Gasteiger partial charge in [0.05, 0.1) is 5.69 Å². The first-order chi connectivity index (χ1) is 14.9. The standard InChI is InChI=1S/C28H22N2/c1-4-12-22(13-5-1)20-27-28(26-18-10-11-19-29-26)25(23-14-6-2-7-15-23)21-30(27)24-16-8-3-9-17-24/h1-19,21H,20H2. The molecule has 30 heavy (non-hydrogen) atoms. The molecule has 0 unspecified atom stereocenters. The number of nitrogens with zero attached hydrogens (tertiary/aromatic N) is 2. The lowest BCUT2D eigenvalue weighted by atomic mass is 9.97. The van der Waals surface area contributed by atoms with Gasteiger partial charge in [0.1, 0.15) is 0 Å². The average Bonchev–Trinajstić information content (AvgIpc) is 3.20. The van der Waals surface area contributed by atoms with E-state index in [2.05, 4.69) is 114 Å². The van der Waals surface area contributed by atoms with E-state index in [9.17, 15) is 0 Å². The fourth-order valence-corrected chi connectivity index (χ4v) is 3.96. The molecule has 0 aliphatic heterocycles. The maximum absolute atomic E-state index is 4.73. The van der Waals surface area contributed by atoms with Gasteiger partial charge in [0, 0.05) is 41.3 Å². The molecule has 2 nitrogen and oxygen atoms in total. The summed E-state index contributed by atoms with van der Waals surface area (Å²) in [5, 5.41) is 0. The fourth-order valence-electron chi connectivity index (χ4n) is 3.96. The van der Waals surface area contributed by atoms with Crippen molar-refractivity contribution >= 4 is 0 Å². The van der Waals surface area contributed by atoms with Crippen LogP contribution in [-0.2, 0) is 6.42 Å². The highest BCUT2D eigenvalue weighted by Gasteiger charge is 2.20. The number of para-hydroxylation sites is 1. The molecule has 0 radical (unpaired) electrons. The Morgan fingerprint density at radius 2 is 1.27 bits per heavy atom. The maximum atomic E-state index is 4.73. The fraction of sp³-hybridized carbons (Fsp3) is 0.0357. The van der Waals surface area contributed by atoms with Crippen LogP contribution in [0.3, 0.4) is 0 Å². The van der Waals surface area contributed by atoms with E-state index in [1.165, 1.54) is 27.9 Å². The first-order valence-electron chi connectivity index (χ1n) is 10.2. The lowest BCUT2D eigenvalue weighted by Crippen LogP contribution is -2.01. The van der Waals surface area contributed by atoms with Crippen LogP contribution in [0.1, 0.15) is 11.3 Å². The number of benzene rings is 3. The molecule has 0 aliphatic carbocycles. The molecule has 0 spiro atoms. The normalized spacial score (nSPS) is 10.8. The second-order valence-corrected chi connectivity index (χ2v) is 7.31. The second-order valence-electron chi connectivity index (χ2n) is 7.31. The Bertz CT molecular complexity index is 1230. The van der Waals surface area contributed by atoms with Gasteiger partial charge in [0.15, 0.2) is 0 Å². The maximum Gasteiger partial charge on any atom is 0.0726 e. The van der Waals surface area contributed by atoms with E-state index in [0.29, 0.717) is 0 Å². The molecule has 0 bridgehead atoms. The quantitative estimate of drug-likeness (QED) is 0.325. The number of rotatable bonds is 5. The highest BCUT2D eigenvalue weighted by molar-refractivity contribution is 5.85.